The van der Waals surface area contributed by atoms with E-state index in [4.69, 9.17) is 4.74 Å². The Morgan fingerprint density at radius 1 is 1.32 bits per heavy atom. The van der Waals surface area contributed by atoms with Crippen LogP contribution in [-0.4, -0.2) is 37.6 Å². The van der Waals surface area contributed by atoms with Crippen LogP contribution in [0.25, 0.3) is 0 Å². The van der Waals surface area contributed by atoms with Crippen molar-refractivity contribution in [1.82, 2.24) is 4.90 Å². The maximum Gasteiger partial charge on any atom is 0.278 e. The molecule has 2 aromatic rings. The summed E-state index contributed by atoms with van der Waals surface area (Å²) in [5.41, 5.74) is 2.43. The lowest BCUT2D eigenvalue weighted by molar-refractivity contribution is -0.649. The minimum Gasteiger partial charge on any atom is -0.497 e. The number of nitrogens with zero attached hydrogens (tertiary/aromatic N) is 1. The summed E-state index contributed by atoms with van der Waals surface area (Å²) in [6.07, 6.45) is 0.954. The standard InChI is InChI=1S/C20H26N2O2S/c1-14(2)12-21-13-19(23)22-10-8-18-17(9-11-25-18)20(22)15-4-6-16(24-3)7-5-15/h4-7,9,11,14,20-21H,8,10,12-13H2,1-3H3/p+1/t20-/m1/s1. The normalized spacial score (nSPS) is 16.8. The highest BCUT2D eigenvalue weighted by atomic mass is 32.1. The smallest absolute Gasteiger partial charge is 0.278 e. The summed E-state index contributed by atoms with van der Waals surface area (Å²) in [7, 11) is 1.67. The van der Waals surface area contributed by atoms with Crippen molar-refractivity contribution < 1.29 is 14.8 Å². The second-order valence-corrected chi connectivity index (χ2v) is 7.93. The Kier molecular flexibility index (Phi) is 5.76. The van der Waals surface area contributed by atoms with Crippen molar-refractivity contribution in [3.05, 3.63) is 51.7 Å². The predicted molar refractivity (Wildman–Crippen MR) is 101 cm³/mol. The fourth-order valence-corrected chi connectivity index (χ4v) is 4.29. The Balaban J connectivity index is 1.84. The van der Waals surface area contributed by atoms with Crippen LogP contribution in [0.2, 0.25) is 0 Å². The molecule has 0 radical (unpaired) electrons. The molecular weight excluding hydrogens is 332 g/mol. The average Bonchev–Trinajstić information content (AvgIpc) is 3.09. The third kappa shape index (κ3) is 4.05. The van der Waals surface area contributed by atoms with Gasteiger partial charge in [-0.3, -0.25) is 4.79 Å². The minimum atomic E-state index is 0.0147. The van der Waals surface area contributed by atoms with E-state index in [0.29, 0.717) is 12.5 Å². The third-order valence-electron chi connectivity index (χ3n) is 4.67. The van der Waals surface area contributed by atoms with Gasteiger partial charge < -0.3 is 15.0 Å². The second kappa shape index (κ2) is 8.02. The molecule has 1 amide bonds. The lowest BCUT2D eigenvalue weighted by Crippen LogP contribution is -2.87. The molecule has 1 aliphatic rings. The summed E-state index contributed by atoms with van der Waals surface area (Å²) >= 11 is 1.80. The van der Waals surface area contributed by atoms with E-state index >= 15 is 0 Å². The molecule has 1 aliphatic heterocycles. The first-order valence-electron chi connectivity index (χ1n) is 8.91. The van der Waals surface area contributed by atoms with Gasteiger partial charge in [0.05, 0.1) is 19.7 Å². The molecule has 2 N–H and O–H groups in total. The molecule has 1 aromatic carbocycles. The molecule has 25 heavy (non-hydrogen) atoms. The SMILES string of the molecule is COc1ccc([C@@H]2c3ccsc3CCN2C(=O)C[NH2+]CC(C)C)cc1. The van der Waals surface area contributed by atoms with Crippen molar-refractivity contribution in [3.63, 3.8) is 0 Å². The zero-order chi connectivity index (χ0) is 17.8. The Bertz CT molecular complexity index is 709. The van der Waals surface area contributed by atoms with E-state index < -0.39 is 0 Å². The van der Waals surface area contributed by atoms with E-state index in [1.807, 2.05) is 17.0 Å². The number of carbonyl (C=O) groups excluding carboxylic acids is 1. The molecule has 0 unspecified atom stereocenters. The predicted octanol–water partition coefficient (Wildman–Crippen LogP) is 2.45. The van der Waals surface area contributed by atoms with Gasteiger partial charge in [-0.25, -0.2) is 0 Å². The van der Waals surface area contributed by atoms with Crippen LogP contribution in [0, 0.1) is 5.92 Å². The number of thiophene rings is 1. The first-order valence-corrected chi connectivity index (χ1v) is 9.79. The number of methoxy groups -OCH3 is 1. The van der Waals surface area contributed by atoms with Crippen molar-refractivity contribution in [1.29, 1.82) is 0 Å². The first-order chi connectivity index (χ1) is 12.1. The molecule has 1 aromatic heterocycles. The van der Waals surface area contributed by atoms with Crippen molar-refractivity contribution in [2.75, 3.05) is 26.7 Å². The summed E-state index contributed by atoms with van der Waals surface area (Å²) in [4.78, 5) is 16.3. The molecule has 0 aliphatic carbocycles. The molecule has 0 fully saturated rings. The molecule has 4 nitrogen and oxygen atoms in total. The van der Waals surface area contributed by atoms with Crippen LogP contribution in [0.5, 0.6) is 5.75 Å². The summed E-state index contributed by atoms with van der Waals surface area (Å²) in [6.45, 7) is 6.65. The maximum absolute atomic E-state index is 12.9. The number of quaternary nitrogens is 1. The fraction of sp³-hybridized carbons (Fsp3) is 0.450. The van der Waals surface area contributed by atoms with Gasteiger partial charge in [-0.05, 0) is 41.1 Å². The van der Waals surface area contributed by atoms with Crippen LogP contribution < -0.4 is 10.1 Å². The van der Waals surface area contributed by atoms with Gasteiger partial charge in [0, 0.05) is 17.3 Å². The first kappa shape index (κ1) is 18.0. The quantitative estimate of drug-likeness (QED) is 0.861. The zero-order valence-electron chi connectivity index (χ0n) is 15.2. The minimum absolute atomic E-state index is 0.0147. The van der Waals surface area contributed by atoms with Gasteiger partial charge in [-0.2, -0.15) is 0 Å². The van der Waals surface area contributed by atoms with Crippen molar-refractivity contribution in [3.8, 4) is 5.75 Å². The van der Waals surface area contributed by atoms with Gasteiger partial charge in [0.1, 0.15) is 5.75 Å². The topological polar surface area (TPSA) is 46.1 Å². The molecule has 0 saturated heterocycles. The van der Waals surface area contributed by atoms with Crippen LogP contribution in [0.3, 0.4) is 0 Å². The molecule has 0 spiro atoms. The molecule has 0 bridgehead atoms. The molecule has 1 atom stereocenters. The molecule has 3 rings (SSSR count). The van der Waals surface area contributed by atoms with Crippen LogP contribution in [-0.2, 0) is 11.2 Å². The maximum atomic E-state index is 12.9. The summed E-state index contributed by atoms with van der Waals surface area (Å²) in [5.74, 6) is 1.65. The lowest BCUT2D eigenvalue weighted by atomic mass is 9.93. The van der Waals surface area contributed by atoms with Gasteiger partial charge in [-0.1, -0.05) is 26.0 Å². The van der Waals surface area contributed by atoms with E-state index in [1.165, 1.54) is 10.4 Å². The zero-order valence-corrected chi connectivity index (χ0v) is 16.0. The van der Waals surface area contributed by atoms with Crippen LogP contribution in [0.15, 0.2) is 35.7 Å². The highest BCUT2D eigenvalue weighted by molar-refractivity contribution is 7.10. The van der Waals surface area contributed by atoms with Crippen molar-refractivity contribution in [2.45, 2.75) is 26.3 Å². The number of hydrogen-bond donors (Lipinski definition) is 1. The monoisotopic (exact) mass is 359 g/mol. The number of rotatable bonds is 6. The molecule has 134 valence electrons. The number of carbonyl (C=O) groups is 1. The second-order valence-electron chi connectivity index (χ2n) is 6.93. The van der Waals surface area contributed by atoms with Crippen molar-refractivity contribution in [2.24, 2.45) is 5.92 Å². The van der Waals surface area contributed by atoms with E-state index in [2.05, 4.69) is 42.7 Å². The number of fused-ring (bicyclic) bond motifs is 1. The summed E-state index contributed by atoms with van der Waals surface area (Å²) in [6, 6.07) is 10.3. The van der Waals surface area contributed by atoms with E-state index in [9.17, 15) is 4.79 Å². The Hall–Kier alpha value is -1.85. The van der Waals surface area contributed by atoms with Gasteiger partial charge in [0.2, 0.25) is 0 Å². The Labute approximate surface area is 153 Å². The lowest BCUT2D eigenvalue weighted by Gasteiger charge is -2.36. The van der Waals surface area contributed by atoms with Crippen LogP contribution >= 0.6 is 11.3 Å². The summed E-state index contributed by atoms with van der Waals surface area (Å²) in [5, 5.41) is 4.27. The number of benzene rings is 1. The number of amides is 1. The van der Waals surface area contributed by atoms with Gasteiger partial charge in [-0.15, -0.1) is 11.3 Å². The van der Waals surface area contributed by atoms with E-state index in [-0.39, 0.29) is 11.9 Å². The largest absolute Gasteiger partial charge is 0.497 e. The highest BCUT2D eigenvalue weighted by Crippen LogP contribution is 2.38. The van der Waals surface area contributed by atoms with Gasteiger partial charge >= 0.3 is 0 Å². The molecule has 2 heterocycles. The van der Waals surface area contributed by atoms with E-state index in [1.54, 1.807) is 18.4 Å². The third-order valence-corrected chi connectivity index (χ3v) is 5.67. The van der Waals surface area contributed by atoms with Gasteiger partial charge in [0.25, 0.3) is 5.91 Å². The number of nitrogens with two attached hydrogens (primary N) is 1. The van der Waals surface area contributed by atoms with Gasteiger partial charge in [0.15, 0.2) is 6.54 Å². The Morgan fingerprint density at radius 3 is 2.76 bits per heavy atom. The number of ether oxygens (including phenoxy) is 1. The molecule has 0 saturated carbocycles. The van der Waals surface area contributed by atoms with Crippen LogP contribution in [0.1, 0.15) is 35.9 Å². The fourth-order valence-electron chi connectivity index (χ4n) is 3.39. The van der Waals surface area contributed by atoms with Crippen molar-refractivity contribution >= 4 is 17.2 Å². The van der Waals surface area contributed by atoms with E-state index in [0.717, 1.165) is 30.8 Å². The summed E-state index contributed by atoms with van der Waals surface area (Å²) < 4.78 is 5.28. The number of hydrogen-bond acceptors (Lipinski definition) is 3. The molecule has 5 heteroatoms. The van der Waals surface area contributed by atoms with Crippen LogP contribution in [0.4, 0.5) is 0 Å². The highest BCUT2D eigenvalue weighted by Gasteiger charge is 2.33. The Morgan fingerprint density at radius 2 is 2.08 bits per heavy atom. The average molecular weight is 360 g/mol. The molecular formula is C20H27N2O2S+.